The first-order valence-corrected chi connectivity index (χ1v) is 8.54. The third kappa shape index (κ3) is 1.90. The van der Waals surface area contributed by atoms with Gasteiger partial charge < -0.3 is 10.1 Å². The van der Waals surface area contributed by atoms with Crippen LogP contribution in [0.15, 0.2) is 21.5 Å². The minimum absolute atomic E-state index is 0.363. The summed E-state index contributed by atoms with van der Waals surface area (Å²) in [6, 6.07) is 0.363. The fraction of sp³-hybridized carbons (Fsp3) is 0.714. The Balaban J connectivity index is 2.09. The monoisotopic (exact) mass is 283 g/mol. The van der Waals surface area contributed by atoms with Crippen molar-refractivity contribution in [2.75, 3.05) is 13.2 Å². The van der Waals surface area contributed by atoms with Gasteiger partial charge in [0.05, 0.1) is 17.1 Å². The first kappa shape index (κ1) is 13.3. The van der Waals surface area contributed by atoms with Gasteiger partial charge in [0.15, 0.2) is 9.84 Å². The van der Waals surface area contributed by atoms with Crippen molar-refractivity contribution in [1.82, 2.24) is 5.32 Å². The fourth-order valence-electron chi connectivity index (χ4n) is 3.55. The molecule has 2 atom stereocenters. The molecule has 3 heterocycles. The van der Waals surface area contributed by atoms with E-state index in [-0.39, 0.29) is 5.60 Å². The zero-order valence-electron chi connectivity index (χ0n) is 11.5. The largest absolute Gasteiger partial charge is 0.370 e. The van der Waals surface area contributed by atoms with Crippen LogP contribution in [0.3, 0.4) is 0 Å². The number of hydrogen-bond donors (Lipinski definition) is 1. The Morgan fingerprint density at radius 1 is 1.53 bits per heavy atom. The summed E-state index contributed by atoms with van der Waals surface area (Å²) in [6.07, 6.45) is 4.70. The van der Waals surface area contributed by atoms with E-state index in [2.05, 4.69) is 12.2 Å². The maximum atomic E-state index is 12.5. The molecule has 0 unspecified atom stereocenters. The number of sulfone groups is 1. The van der Waals surface area contributed by atoms with Gasteiger partial charge >= 0.3 is 0 Å². The summed E-state index contributed by atoms with van der Waals surface area (Å²) < 4.78 is 31.0. The van der Waals surface area contributed by atoms with Gasteiger partial charge in [-0.25, -0.2) is 8.42 Å². The van der Waals surface area contributed by atoms with Crippen LogP contribution < -0.4 is 5.32 Å². The highest BCUT2D eigenvalue weighted by Crippen LogP contribution is 2.47. The normalized spacial score (nSPS) is 37.4. The Labute approximate surface area is 114 Å². The molecule has 3 rings (SSSR count). The second-order valence-electron chi connectivity index (χ2n) is 5.71. The van der Waals surface area contributed by atoms with Crippen molar-refractivity contribution < 1.29 is 13.2 Å². The molecular formula is C14H21NO3S. The van der Waals surface area contributed by atoms with E-state index in [1.54, 1.807) is 0 Å². The Bertz CT molecular complexity index is 561. The average molecular weight is 283 g/mol. The van der Waals surface area contributed by atoms with Crippen LogP contribution in [0, 0.1) is 0 Å². The van der Waals surface area contributed by atoms with Gasteiger partial charge in [-0.2, -0.15) is 0 Å². The highest BCUT2D eigenvalue weighted by atomic mass is 32.2. The summed E-state index contributed by atoms with van der Waals surface area (Å²) >= 11 is 0. The number of ether oxygens (including phenoxy) is 1. The van der Waals surface area contributed by atoms with Gasteiger partial charge in [-0.1, -0.05) is 6.92 Å². The highest BCUT2D eigenvalue weighted by molar-refractivity contribution is 7.99. The van der Waals surface area contributed by atoms with E-state index in [9.17, 15) is 8.42 Å². The highest BCUT2D eigenvalue weighted by Gasteiger charge is 2.47. The van der Waals surface area contributed by atoms with Crippen LogP contribution in [0.25, 0.3) is 0 Å². The Morgan fingerprint density at radius 2 is 2.32 bits per heavy atom. The molecule has 0 aromatic heterocycles. The quantitative estimate of drug-likeness (QED) is 0.798. The van der Waals surface area contributed by atoms with Crippen LogP contribution in [-0.4, -0.2) is 33.2 Å². The van der Waals surface area contributed by atoms with Gasteiger partial charge in [-0.15, -0.1) is 0 Å². The van der Waals surface area contributed by atoms with Crippen LogP contribution >= 0.6 is 0 Å². The molecule has 0 aliphatic carbocycles. The molecule has 0 radical (unpaired) electrons. The number of hydrogen-bond acceptors (Lipinski definition) is 4. The van der Waals surface area contributed by atoms with Crippen LogP contribution in [-0.2, 0) is 14.6 Å². The SMILES string of the molecule is CCC1=CC2=C(CCO[C@@]23CCN[C@@H](C)C3)S1(=O)=O. The molecule has 0 amide bonds. The molecule has 0 aromatic rings. The number of piperidine rings is 1. The summed E-state index contributed by atoms with van der Waals surface area (Å²) in [5, 5.41) is 3.41. The van der Waals surface area contributed by atoms with Crippen LogP contribution in [0.5, 0.6) is 0 Å². The van der Waals surface area contributed by atoms with Crippen molar-refractivity contribution in [3.63, 3.8) is 0 Å². The van der Waals surface area contributed by atoms with Crippen molar-refractivity contribution in [3.8, 4) is 0 Å². The molecule has 4 nitrogen and oxygen atoms in total. The van der Waals surface area contributed by atoms with Crippen molar-refractivity contribution in [2.45, 2.75) is 51.2 Å². The van der Waals surface area contributed by atoms with Crippen LogP contribution in [0.4, 0.5) is 0 Å². The third-order valence-electron chi connectivity index (χ3n) is 4.48. The summed E-state index contributed by atoms with van der Waals surface area (Å²) in [5.74, 6) is 0. The molecule has 0 aromatic carbocycles. The zero-order chi connectivity index (χ0) is 13.7. The smallest absolute Gasteiger partial charge is 0.199 e. The minimum Gasteiger partial charge on any atom is -0.370 e. The maximum Gasteiger partial charge on any atom is 0.199 e. The third-order valence-corrected chi connectivity index (χ3v) is 6.65. The zero-order valence-corrected chi connectivity index (χ0v) is 12.3. The van der Waals surface area contributed by atoms with Crippen molar-refractivity contribution in [3.05, 3.63) is 21.5 Å². The van der Waals surface area contributed by atoms with Gasteiger partial charge in [0, 0.05) is 17.4 Å². The summed E-state index contributed by atoms with van der Waals surface area (Å²) in [4.78, 5) is 1.19. The number of allylic oxidation sites excluding steroid dienone is 1. The lowest BCUT2D eigenvalue weighted by Gasteiger charge is -2.43. The molecule has 0 bridgehead atoms. The molecule has 0 saturated carbocycles. The molecule has 1 spiro atoms. The predicted molar refractivity (Wildman–Crippen MR) is 74.3 cm³/mol. The predicted octanol–water partition coefficient (Wildman–Crippen LogP) is 1.89. The van der Waals surface area contributed by atoms with Crippen LogP contribution in [0.2, 0.25) is 0 Å². The first-order chi connectivity index (χ1) is 8.99. The van der Waals surface area contributed by atoms with E-state index in [0.29, 0.717) is 35.3 Å². The summed E-state index contributed by atoms with van der Waals surface area (Å²) in [7, 11) is -3.19. The second kappa shape index (κ2) is 4.43. The van der Waals surface area contributed by atoms with E-state index in [1.165, 1.54) is 0 Å². The van der Waals surface area contributed by atoms with E-state index in [0.717, 1.165) is 25.0 Å². The van der Waals surface area contributed by atoms with Gasteiger partial charge in [0.1, 0.15) is 0 Å². The lowest BCUT2D eigenvalue weighted by Crippen LogP contribution is -2.50. The maximum absolute atomic E-state index is 12.5. The molecule has 106 valence electrons. The molecule has 1 N–H and O–H groups in total. The molecule has 3 aliphatic rings. The minimum atomic E-state index is -3.19. The van der Waals surface area contributed by atoms with E-state index >= 15 is 0 Å². The molecule has 19 heavy (non-hydrogen) atoms. The van der Waals surface area contributed by atoms with Gasteiger partial charge in [-0.05, 0) is 44.4 Å². The van der Waals surface area contributed by atoms with E-state index < -0.39 is 9.84 Å². The van der Waals surface area contributed by atoms with E-state index in [1.807, 2.05) is 13.0 Å². The van der Waals surface area contributed by atoms with Crippen molar-refractivity contribution in [2.24, 2.45) is 0 Å². The Kier molecular flexibility index (Phi) is 3.11. The van der Waals surface area contributed by atoms with Crippen molar-refractivity contribution in [1.29, 1.82) is 0 Å². The molecule has 3 aliphatic heterocycles. The van der Waals surface area contributed by atoms with Gasteiger partial charge in [0.2, 0.25) is 0 Å². The fourth-order valence-corrected chi connectivity index (χ4v) is 5.41. The molecular weight excluding hydrogens is 262 g/mol. The second-order valence-corrected chi connectivity index (χ2v) is 7.73. The lowest BCUT2D eigenvalue weighted by molar-refractivity contribution is -0.0499. The summed E-state index contributed by atoms with van der Waals surface area (Å²) in [5.41, 5.74) is 0.575. The molecule has 5 heteroatoms. The van der Waals surface area contributed by atoms with Gasteiger partial charge in [0.25, 0.3) is 0 Å². The topological polar surface area (TPSA) is 55.4 Å². The first-order valence-electron chi connectivity index (χ1n) is 7.06. The van der Waals surface area contributed by atoms with Gasteiger partial charge in [-0.3, -0.25) is 0 Å². The lowest BCUT2D eigenvalue weighted by atomic mass is 9.79. The van der Waals surface area contributed by atoms with E-state index in [4.69, 9.17) is 4.74 Å². The Hall–Kier alpha value is -0.650. The average Bonchev–Trinajstić information content (AvgIpc) is 2.62. The standard InChI is InChI=1S/C14H21NO3S/c1-3-11-8-12-13(19(11,16)17)4-7-18-14(12)5-6-15-10(2)9-14/h8,10,15H,3-7,9H2,1-2H3/t10-,14+/m0/s1. The molecule has 1 saturated heterocycles. The van der Waals surface area contributed by atoms with Crippen molar-refractivity contribution >= 4 is 9.84 Å². The number of rotatable bonds is 1. The summed E-state index contributed by atoms with van der Waals surface area (Å²) in [6.45, 7) is 5.44. The number of nitrogens with one attached hydrogen (secondary N) is 1. The Morgan fingerprint density at radius 3 is 3.00 bits per heavy atom. The number of fused-ring (bicyclic) bond motifs is 1. The van der Waals surface area contributed by atoms with Crippen LogP contribution in [0.1, 0.15) is 39.5 Å². The molecule has 1 fully saturated rings.